The normalized spacial score (nSPS) is 24.4. The van der Waals surface area contributed by atoms with Crippen molar-refractivity contribution in [2.24, 2.45) is 11.3 Å². The minimum absolute atomic E-state index is 0.0752. The topological polar surface area (TPSA) is 53.1 Å². The van der Waals surface area contributed by atoms with Gasteiger partial charge >= 0.3 is 0 Å². The second-order valence-electron chi connectivity index (χ2n) is 13.9. The molecule has 1 aliphatic carbocycles. The lowest BCUT2D eigenvalue weighted by Crippen LogP contribution is -2.38. The first-order valence-corrected chi connectivity index (χ1v) is 16.7. The molecule has 2 aromatic rings. The number of benzene rings is 1. The van der Waals surface area contributed by atoms with E-state index in [1.165, 1.54) is 18.0 Å². The van der Waals surface area contributed by atoms with Crippen molar-refractivity contribution >= 4 is 17.7 Å². The molecule has 0 radical (unpaired) electrons. The van der Waals surface area contributed by atoms with E-state index in [1.807, 2.05) is 20.8 Å². The van der Waals surface area contributed by atoms with Gasteiger partial charge in [0.1, 0.15) is 23.8 Å². The summed E-state index contributed by atoms with van der Waals surface area (Å²) in [5.74, 6) is -3.75. The number of aromatic nitrogens is 2. The maximum absolute atomic E-state index is 16.4. The van der Waals surface area contributed by atoms with Gasteiger partial charge in [0.05, 0.1) is 17.2 Å². The highest BCUT2D eigenvalue weighted by Crippen LogP contribution is 2.56. The Morgan fingerprint density at radius 3 is 2.48 bits per heavy atom. The number of hydrogen-bond acceptors (Lipinski definition) is 5. The predicted octanol–water partition coefficient (Wildman–Crippen LogP) is 9.53. The summed E-state index contributed by atoms with van der Waals surface area (Å²) in [7, 11) is 0. The first kappa shape index (κ1) is 32.5. The van der Waals surface area contributed by atoms with E-state index >= 15 is 13.2 Å². The van der Waals surface area contributed by atoms with Crippen LogP contribution < -0.4 is 15.5 Å². The molecule has 1 aromatic carbocycles. The zero-order chi connectivity index (χ0) is 31.6. The van der Waals surface area contributed by atoms with Crippen molar-refractivity contribution in [1.29, 1.82) is 0 Å². The molecule has 8 heteroatoms. The van der Waals surface area contributed by atoms with Gasteiger partial charge in [0.15, 0.2) is 0 Å². The molecular formula is C36H50F3N5. The van der Waals surface area contributed by atoms with E-state index in [4.69, 9.17) is 0 Å². The third kappa shape index (κ3) is 6.85. The molecular weight excluding hydrogens is 559 g/mol. The molecule has 2 aliphatic heterocycles. The van der Waals surface area contributed by atoms with Gasteiger partial charge in [-0.2, -0.15) is 0 Å². The van der Waals surface area contributed by atoms with Crippen molar-refractivity contribution < 1.29 is 13.2 Å². The van der Waals surface area contributed by atoms with Crippen molar-refractivity contribution in [2.45, 2.75) is 123 Å². The van der Waals surface area contributed by atoms with E-state index in [2.05, 4.69) is 45.1 Å². The van der Waals surface area contributed by atoms with E-state index in [0.717, 1.165) is 68.6 Å². The summed E-state index contributed by atoms with van der Waals surface area (Å²) >= 11 is 0. The molecule has 5 nitrogen and oxygen atoms in total. The van der Waals surface area contributed by atoms with Gasteiger partial charge in [0, 0.05) is 35.8 Å². The Morgan fingerprint density at radius 1 is 1.07 bits per heavy atom. The summed E-state index contributed by atoms with van der Waals surface area (Å²) in [6.45, 7) is 15.4. The van der Waals surface area contributed by atoms with Crippen LogP contribution in [0.2, 0.25) is 0 Å². The fourth-order valence-corrected chi connectivity index (χ4v) is 7.09. The fourth-order valence-electron chi connectivity index (χ4n) is 7.09. The minimum atomic E-state index is -3.30. The largest absolute Gasteiger partial charge is 0.363 e. The second kappa shape index (κ2) is 13.2. The summed E-state index contributed by atoms with van der Waals surface area (Å²) in [6, 6.07) is 3.90. The number of anilines is 2. The number of halogens is 3. The van der Waals surface area contributed by atoms with Gasteiger partial charge in [-0.3, -0.25) is 0 Å². The molecule has 2 unspecified atom stereocenters. The van der Waals surface area contributed by atoms with Gasteiger partial charge in [0.25, 0.3) is 5.92 Å². The zero-order valence-electron chi connectivity index (χ0n) is 27.2. The molecule has 1 saturated carbocycles. The summed E-state index contributed by atoms with van der Waals surface area (Å²) in [5, 5.41) is 6.74. The molecule has 0 amide bonds. The van der Waals surface area contributed by atoms with Crippen LogP contribution in [0, 0.1) is 17.2 Å². The Labute approximate surface area is 261 Å². The highest BCUT2D eigenvalue weighted by Gasteiger charge is 2.46. The fraction of sp³-hybridized carbons (Fsp3) is 0.611. The third-order valence-electron chi connectivity index (χ3n) is 9.85. The van der Waals surface area contributed by atoms with Gasteiger partial charge in [0.2, 0.25) is 0 Å². The van der Waals surface area contributed by atoms with E-state index in [9.17, 15) is 0 Å². The van der Waals surface area contributed by atoms with Crippen LogP contribution in [0.5, 0.6) is 0 Å². The van der Waals surface area contributed by atoms with Crippen LogP contribution in [0.25, 0.3) is 6.08 Å². The van der Waals surface area contributed by atoms with Gasteiger partial charge in [-0.25, -0.2) is 23.1 Å². The van der Waals surface area contributed by atoms with E-state index in [1.54, 1.807) is 19.1 Å². The highest BCUT2D eigenvalue weighted by atomic mass is 19.3. The molecule has 1 fully saturated rings. The molecule has 1 aromatic heterocycles. The first-order chi connectivity index (χ1) is 20.9. The molecule has 3 heterocycles. The van der Waals surface area contributed by atoms with Gasteiger partial charge in [-0.05, 0) is 63.0 Å². The standard InChI is InChI=1S/C36H50F3N5/c1-23(2)42-24(3)20-27-14-11-9-7-8-10-12-19-44-26(5)31(35(6)17-18-35)21-29-33(40-22-41-34(29)44)43-25(4)28-15-13-16-30(32(28)37)36(27,38)39/h13,15-16,21-25,27,42H,5,7-12,14,17-20H2,1-4,6H3,(H,40,41,43)/t24?,25-,27?/m1/s1. The van der Waals surface area contributed by atoms with Gasteiger partial charge < -0.3 is 15.5 Å². The first-order valence-electron chi connectivity index (χ1n) is 16.7. The Morgan fingerprint density at radius 2 is 1.77 bits per heavy atom. The van der Waals surface area contributed by atoms with Gasteiger partial charge in [-0.1, -0.05) is 77.7 Å². The van der Waals surface area contributed by atoms with Crippen LogP contribution in [0.3, 0.4) is 0 Å². The van der Waals surface area contributed by atoms with Crippen LogP contribution >= 0.6 is 0 Å². The maximum atomic E-state index is 16.4. The molecule has 240 valence electrons. The van der Waals surface area contributed by atoms with Crippen molar-refractivity contribution in [1.82, 2.24) is 15.3 Å². The molecule has 2 N–H and O–H groups in total. The molecule has 5 rings (SSSR count). The van der Waals surface area contributed by atoms with Crippen molar-refractivity contribution in [3.05, 3.63) is 64.9 Å². The molecule has 3 aliphatic rings. The quantitative estimate of drug-likeness (QED) is 0.354. The van der Waals surface area contributed by atoms with Crippen LogP contribution in [0.1, 0.15) is 122 Å². The molecule has 0 saturated heterocycles. The number of fused-ring (bicyclic) bond motifs is 2. The third-order valence-corrected chi connectivity index (χ3v) is 9.85. The number of hydrogen-bond donors (Lipinski definition) is 2. The van der Waals surface area contributed by atoms with E-state index in [-0.39, 0.29) is 29.5 Å². The average molecular weight is 610 g/mol. The predicted molar refractivity (Wildman–Crippen MR) is 174 cm³/mol. The summed E-state index contributed by atoms with van der Waals surface area (Å²) in [4.78, 5) is 11.5. The number of nitrogens with one attached hydrogen (secondary N) is 2. The monoisotopic (exact) mass is 609 g/mol. The van der Waals surface area contributed by atoms with Crippen LogP contribution in [-0.2, 0) is 5.92 Å². The smallest absolute Gasteiger partial charge is 0.278 e. The average Bonchev–Trinajstić information content (AvgIpc) is 3.71. The Hall–Kier alpha value is -2.87. The molecule has 44 heavy (non-hydrogen) atoms. The zero-order valence-corrected chi connectivity index (χ0v) is 27.2. The molecule has 6 bridgehead atoms. The Kier molecular flexibility index (Phi) is 9.78. The Bertz CT molecular complexity index is 1370. The Balaban J connectivity index is 1.53. The number of alkyl halides is 2. The van der Waals surface area contributed by atoms with Crippen molar-refractivity contribution in [3.63, 3.8) is 0 Å². The van der Waals surface area contributed by atoms with Crippen LogP contribution in [0.15, 0.2) is 42.4 Å². The maximum Gasteiger partial charge on any atom is 0.278 e. The van der Waals surface area contributed by atoms with Gasteiger partial charge in [-0.15, -0.1) is 0 Å². The lowest BCUT2D eigenvalue weighted by molar-refractivity contribution is -0.0777. The summed E-state index contributed by atoms with van der Waals surface area (Å²) < 4.78 is 49.0. The molecule has 0 spiro atoms. The lowest BCUT2D eigenvalue weighted by atomic mass is 9.84. The van der Waals surface area contributed by atoms with Crippen LogP contribution in [-0.4, -0.2) is 28.6 Å². The summed E-state index contributed by atoms with van der Waals surface area (Å²) in [5.41, 5.74) is 2.80. The highest BCUT2D eigenvalue weighted by molar-refractivity contribution is 5.83. The van der Waals surface area contributed by atoms with Crippen molar-refractivity contribution in [3.8, 4) is 0 Å². The van der Waals surface area contributed by atoms with Crippen LogP contribution in [0.4, 0.5) is 24.8 Å². The van der Waals surface area contributed by atoms with Crippen molar-refractivity contribution in [2.75, 3.05) is 16.8 Å². The SMILES string of the molecule is C=C1C(C2(C)CC2)=Cc2c3ncnc2N1CCCCCCCCC(CC(C)NC(C)C)C(F)(F)c1cccc(c1F)[C@@H](C)N3. The summed E-state index contributed by atoms with van der Waals surface area (Å²) in [6.07, 6.45) is 12.2. The van der Waals surface area contributed by atoms with E-state index < -0.39 is 29.3 Å². The molecule has 3 atom stereocenters. The number of rotatable bonds is 5. The number of allylic oxidation sites excluding steroid dienone is 1. The second-order valence-corrected chi connectivity index (χ2v) is 13.9. The minimum Gasteiger partial charge on any atom is -0.363 e. The lowest BCUT2D eigenvalue weighted by Gasteiger charge is -2.35. The number of nitrogens with zero attached hydrogens (tertiary/aromatic N) is 3. The van der Waals surface area contributed by atoms with E-state index in [0.29, 0.717) is 18.7 Å².